The second-order valence-electron chi connectivity index (χ2n) is 2.07. The normalized spacial score (nSPS) is 31.1. The van der Waals surface area contributed by atoms with Gasteiger partial charge in [-0.05, 0) is 6.92 Å². The number of amides is 1. The van der Waals surface area contributed by atoms with Crippen LogP contribution in [0.25, 0.3) is 0 Å². The lowest BCUT2D eigenvalue weighted by Gasteiger charge is -2.04. The fourth-order valence-corrected chi connectivity index (χ4v) is 0.778. The Morgan fingerprint density at radius 3 is 2.60 bits per heavy atom. The molecule has 1 amide bonds. The second kappa shape index (κ2) is 2.17. The first-order valence-corrected chi connectivity index (χ1v) is 2.81. The van der Waals surface area contributed by atoms with E-state index in [0.29, 0.717) is 0 Å². The van der Waals surface area contributed by atoms with Crippen molar-refractivity contribution in [1.29, 1.82) is 0 Å². The van der Waals surface area contributed by atoms with Crippen molar-refractivity contribution in [3.63, 3.8) is 0 Å². The summed E-state index contributed by atoms with van der Waals surface area (Å²) in [5, 5.41) is 10.5. The lowest BCUT2D eigenvalue weighted by Crippen LogP contribution is -2.37. The summed E-state index contributed by atoms with van der Waals surface area (Å²) in [6.07, 6.45) is -1.25. The summed E-state index contributed by atoms with van der Waals surface area (Å²) in [4.78, 5) is 20.6. The highest BCUT2D eigenvalue weighted by Crippen LogP contribution is 2.06. The average Bonchev–Trinajstić information content (AvgIpc) is 2.10. The number of aliphatic carboxylic acids is 1. The zero-order chi connectivity index (χ0) is 7.72. The molecule has 10 heavy (non-hydrogen) atoms. The number of cyclic esters (lactones) is 1. The number of nitrogens with one attached hydrogen (secondary N) is 1. The smallest absolute Gasteiger partial charge is 0.408 e. The predicted octanol–water partition coefficient (Wildman–Crippen LogP) is -0.432. The van der Waals surface area contributed by atoms with Crippen molar-refractivity contribution in [2.45, 2.75) is 19.1 Å². The van der Waals surface area contributed by atoms with Crippen molar-refractivity contribution in [2.24, 2.45) is 0 Å². The Balaban J connectivity index is 2.63. The zero-order valence-corrected chi connectivity index (χ0v) is 5.33. The van der Waals surface area contributed by atoms with E-state index in [4.69, 9.17) is 5.11 Å². The Hall–Kier alpha value is -1.26. The summed E-state index contributed by atoms with van der Waals surface area (Å²) in [5.74, 6) is -1.07. The molecule has 1 fully saturated rings. The molecule has 0 spiro atoms. The minimum Gasteiger partial charge on any atom is -0.480 e. The topological polar surface area (TPSA) is 75.6 Å². The van der Waals surface area contributed by atoms with Crippen LogP contribution in [-0.2, 0) is 9.53 Å². The largest absolute Gasteiger partial charge is 0.480 e. The van der Waals surface area contributed by atoms with E-state index in [1.54, 1.807) is 0 Å². The van der Waals surface area contributed by atoms with Crippen LogP contribution in [0.4, 0.5) is 4.79 Å². The van der Waals surface area contributed by atoms with E-state index in [-0.39, 0.29) is 0 Å². The van der Waals surface area contributed by atoms with Gasteiger partial charge < -0.3 is 15.2 Å². The van der Waals surface area contributed by atoms with E-state index in [1.165, 1.54) is 6.92 Å². The molecule has 56 valence electrons. The molecule has 5 heteroatoms. The summed E-state index contributed by atoms with van der Waals surface area (Å²) in [6, 6.07) is -0.896. The van der Waals surface area contributed by atoms with Crippen molar-refractivity contribution in [2.75, 3.05) is 0 Å². The summed E-state index contributed by atoms with van der Waals surface area (Å²) >= 11 is 0. The van der Waals surface area contributed by atoms with Gasteiger partial charge in [-0.2, -0.15) is 0 Å². The Morgan fingerprint density at radius 1 is 1.80 bits per heavy atom. The molecule has 1 rings (SSSR count). The van der Waals surface area contributed by atoms with E-state index < -0.39 is 24.2 Å². The van der Waals surface area contributed by atoms with Gasteiger partial charge in [-0.3, -0.25) is 0 Å². The Bertz CT molecular complexity index is 178. The van der Waals surface area contributed by atoms with Crippen molar-refractivity contribution in [3.05, 3.63) is 0 Å². The highest BCUT2D eigenvalue weighted by atomic mass is 16.6. The number of rotatable bonds is 1. The Morgan fingerprint density at radius 2 is 2.40 bits per heavy atom. The molecule has 1 heterocycles. The van der Waals surface area contributed by atoms with Crippen LogP contribution in [-0.4, -0.2) is 29.3 Å². The lowest BCUT2D eigenvalue weighted by atomic mass is 10.2. The standard InChI is InChI=1S/C5H7NO4/c1-2-3(4(7)8)6-5(9)10-2/h2-3H,1H3,(H,6,9)(H,7,8). The molecule has 0 aliphatic carbocycles. The molecule has 1 aliphatic rings. The van der Waals surface area contributed by atoms with E-state index in [1.807, 2.05) is 0 Å². The molecule has 2 unspecified atom stereocenters. The first kappa shape index (κ1) is 6.85. The van der Waals surface area contributed by atoms with Crippen LogP contribution in [0.1, 0.15) is 6.92 Å². The van der Waals surface area contributed by atoms with E-state index >= 15 is 0 Å². The highest BCUT2D eigenvalue weighted by molar-refractivity contribution is 5.83. The van der Waals surface area contributed by atoms with E-state index in [2.05, 4.69) is 10.1 Å². The molecule has 1 saturated heterocycles. The molecule has 0 aromatic carbocycles. The summed E-state index contributed by atoms with van der Waals surface area (Å²) < 4.78 is 4.50. The van der Waals surface area contributed by atoms with Crippen LogP contribution in [0.5, 0.6) is 0 Å². The molecule has 0 bridgehead atoms. The highest BCUT2D eigenvalue weighted by Gasteiger charge is 2.35. The van der Waals surface area contributed by atoms with Crippen LogP contribution in [0, 0.1) is 0 Å². The number of carboxylic acids is 1. The molecule has 0 radical (unpaired) electrons. The fraction of sp³-hybridized carbons (Fsp3) is 0.600. The van der Waals surface area contributed by atoms with Gasteiger partial charge in [0.05, 0.1) is 0 Å². The number of alkyl carbamates (subject to hydrolysis) is 1. The van der Waals surface area contributed by atoms with Gasteiger partial charge in [0.25, 0.3) is 0 Å². The summed E-state index contributed by atoms with van der Waals surface area (Å²) in [7, 11) is 0. The van der Waals surface area contributed by atoms with Gasteiger partial charge in [-0.25, -0.2) is 9.59 Å². The zero-order valence-electron chi connectivity index (χ0n) is 5.33. The minimum absolute atomic E-state index is 0.579. The van der Waals surface area contributed by atoms with Crippen LogP contribution in [0.3, 0.4) is 0 Å². The first-order chi connectivity index (χ1) is 4.61. The number of carbonyl (C=O) groups excluding carboxylic acids is 1. The van der Waals surface area contributed by atoms with Crippen LogP contribution < -0.4 is 5.32 Å². The lowest BCUT2D eigenvalue weighted by molar-refractivity contribution is -0.140. The Kier molecular flexibility index (Phi) is 1.48. The van der Waals surface area contributed by atoms with Crippen molar-refractivity contribution in [3.8, 4) is 0 Å². The van der Waals surface area contributed by atoms with Gasteiger partial charge in [-0.15, -0.1) is 0 Å². The predicted molar refractivity (Wildman–Crippen MR) is 30.5 cm³/mol. The van der Waals surface area contributed by atoms with Gasteiger partial charge in [-0.1, -0.05) is 0 Å². The molecular weight excluding hydrogens is 138 g/mol. The van der Waals surface area contributed by atoms with Crippen LogP contribution >= 0.6 is 0 Å². The summed E-state index contributed by atoms with van der Waals surface area (Å²) in [6.45, 7) is 1.52. The van der Waals surface area contributed by atoms with Crippen LogP contribution in [0.2, 0.25) is 0 Å². The average molecular weight is 145 g/mol. The maximum atomic E-state index is 10.4. The molecule has 2 atom stereocenters. The molecule has 5 nitrogen and oxygen atoms in total. The molecule has 0 aromatic heterocycles. The van der Waals surface area contributed by atoms with Gasteiger partial charge in [0, 0.05) is 0 Å². The monoisotopic (exact) mass is 145 g/mol. The molecule has 0 aromatic rings. The number of hydrogen-bond donors (Lipinski definition) is 2. The quantitative estimate of drug-likeness (QED) is 0.524. The third-order valence-corrected chi connectivity index (χ3v) is 1.30. The van der Waals surface area contributed by atoms with Crippen LogP contribution in [0.15, 0.2) is 0 Å². The molecular formula is C5H7NO4. The maximum absolute atomic E-state index is 10.4. The SMILES string of the molecule is CC1OC(=O)NC1C(=O)O. The van der Waals surface area contributed by atoms with Crippen molar-refractivity contribution < 1.29 is 19.4 Å². The summed E-state index contributed by atoms with van der Waals surface area (Å²) in [5.41, 5.74) is 0. The number of hydrogen-bond acceptors (Lipinski definition) is 3. The molecule has 0 saturated carbocycles. The molecule has 2 N–H and O–H groups in total. The first-order valence-electron chi connectivity index (χ1n) is 2.81. The van der Waals surface area contributed by atoms with E-state index in [0.717, 1.165) is 0 Å². The third-order valence-electron chi connectivity index (χ3n) is 1.30. The van der Waals surface area contributed by atoms with Crippen molar-refractivity contribution >= 4 is 12.1 Å². The van der Waals surface area contributed by atoms with Crippen molar-refractivity contribution in [1.82, 2.24) is 5.32 Å². The molecule has 1 aliphatic heterocycles. The number of carboxylic acid groups (broad SMARTS) is 1. The van der Waals surface area contributed by atoms with Gasteiger partial charge in [0.2, 0.25) is 0 Å². The third kappa shape index (κ3) is 1.02. The Labute approximate surface area is 57.0 Å². The number of ether oxygens (including phenoxy) is 1. The van der Waals surface area contributed by atoms with E-state index in [9.17, 15) is 9.59 Å². The second-order valence-corrected chi connectivity index (χ2v) is 2.07. The maximum Gasteiger partial charge on any atom is 0.408 e. The van der Waals surface area contributed by atoms with Gasteiger partial charge in [0.1, 0.15) is 6.10 Å². The number of carbonyl (C=O) groups is 2. The van der Waals surface area contributed by atoms with Gasteiger partial charge >= 0.3 is 12.1 Å². The van der Waals surface area contributed by atoms with Gasteiger partial charge in [0.15, 0.2) is 6.04 Å². The fourth-order valence-electron chi connectivity index (χ4n) is 0.778. The minimum atomic E-state index is -1.07.